The van der Waals surface area contributed by atoms with Crippen LogP contribution in [0.5, 0.6) is 5.75 Å². The van der Waals surface area contributed by atoms with Gasteiger partial charge in [0.1, 0.15) is 12.4 Å². The van der Waals surface area contributed by atoms with Gasteiger partial charge in [-0.15, -0.1) is 0 Å². The van der Waals surface area contributed by atoms with Gasteiger partial charge < -0.3 is 15.8 Å². The monoisotopic (exact) mass is 326 g/mol. The Balaban J connectivity index is 1.64. The van der Waals surface area contributed by atoms with Crippen LogP contribution in [-0.2, 0) is 4.79 Å². The van der Waals surface area contributed by atoms with Crippen LogP contribution in [0.2, 0.25) is 0 Å². The summed E-state index contributed by atoms with van der Waals surface area (Å²) in [6.45, 7) is 1.01. The summed E-state index contributed by atoms with van der Waals surface area (Å²) >= 11 is 3.37. The number of carbonyl (C=O) groups excluding carboxylic acids is 1. The van der Waals surface area contributed by atoms with Gasteiger partial charge in [-0.25, -0.2) is 0 Å². The molecule has 5 heteroatoms. The van der Waals surface area contributed by atoms with Crippen LogP contribution < -0.4 is 15.8 Å². The minimum absolute atomic E-state index is 0.0858. The second-order valence-corrected chi connectivity index (χ2v) is 5.78. The highest BCUT2D eigenvalue weighted by Crippen LogP contribution is 2.23. The van der Waals surface area contributed by atoms with E-state index in [4.69, 9.17) is 10.5 Å². The van der Waals surface area contributed by atoms with Gasteiger partial charge in [-0.3, -0.25) is 4.79 Å². The lowest BCUT2D eigenvalue weighted by atomic mass is 10.1. The van der Waals surface area contributed by atoms with E-state index in [0.717, 1.165) is 29.5 Å². The molecular weight excluding hydrogens is 308 g/mol. The van der Waals surface area contributed by atoms with E-state index in [0.29, 0.717) is 13.2 Å². The lowest BCUT2D eigenvalue weighted by Crippen LogP contribution is -2.33. The number of carbonyl (C=O) groups is 1. The largest absolute Gasteiger partial charge is 0.492 e. The van der Waals surface area contributed by atoms with Gasteiger partial charge >= 0.3 is 0 Å². The highest BCUT2D eigenvalue weighted by atomic mass is 79.9. The zero-order chi connectivity index (χ0) is 13.7. The minimum atomic E-state index is 0.0858. The third-order valence-corrected chi connectivity index (χ3v) is 3.86. The molecule has 19 heavy (non-hydrogen) atoms. The Morgan fingerprint density at radius 3 is 2.74 bits per heavy atom. The zero-order valence-corrected chi connectivity index (χ0v) is 12.4. The van der Waals surface area contributed by atoms with Crippen LogP contribution in [0.25, 0.3) is 0 Å². The number of ether oxygens (including phenoxy) is 1. The molecule has 4 nitrogen and oxygen atoms in total. The molecule has 1 aliphatic carbocycles. The van der Waals surface area contributed by atoms with Crippen molar-refractivity contribution in [2.45, 2.75) is 25.3 Å². The third kappa shape index (κ3) is 4.51. The molecule has 2 rings (SSSR count). The molecule has 0 saturated heterocycles. The standard InChI is InChI=1S/C14H19BrN2O2/c15-11-2-5-13(6-3-11)19-8-7-17-14(18)10-1-4-12(16)9-10/h2-3,5-6,10,12H,1,4,7-9,16H2,(H,17,18). The van der Waals surface area contributed by atoms with Crippen molar-refractivity contribution in [2.75, 3.05) is 13.2 Å². The van der Waals surface area contributed by atoms with Crippen molar-refractivity contribution in [2.24, 2.45) is 11.7 Å². The number of benzene rings is 1. The summed E-state index contributed by atoms with van der Waals surface area (Å²) in [6, 6.07) is 7.82. The fourth-order valence-corrected chi connectivity index (χ4v) is 2.54. The number of hydrogen-bond donors (Lipinski definition) is 2. The van der Waals surface area contributed by atoms with Crippen LogP contribution >= 0.6 is 15.9 Å². The number of amides is 1. The van der Waals surface area contributed by atoms with Gasteiger partial charge in [0, 0.05) is 16.4 Å². The van der Waals surface area contributed by atoms with Gasteiger partial charge in [0.05, 0.1) is 6.54 Å². The predicted octanol–water partition coefficient (Wildman–Crippen LogP) is 2.07. The summed E-state index contributed by atoms with van der Waals surface area (Å²) in [4.78, 5) is 11.8. The van der Waals surface area contributed by atoms with Crippen molar-refractivity contribution in [1.29, 1.82) is 0 Å². The van der Waals surface area contributed by atoms with Crippen molar-refractivity contribution in [3.05, 3.63) is 28.7 Å². The second kappa shape index (κ2) is 6.91. The van der Waals surface area contributed by atoms with E-state index in [9.17, 15) is 4.79 Å². The first-order valence-corrected chi connectivity index (χ1v) is 7.36. The van der Waals surface area contributed by atoms with Crippen LogP contribution in [0.15, 0.2) is 28.7 Å². The molecule has 0 aromatic heterocycles. The average Bonchev–Trinajstić information content (AvgIpc) is 2.83. The summed E-state index contributed by atoms with van der Waals surface area (Å²) in [5.74, 6) is 0.996. The van der Waals surface area contributed by atoms with Gasteiger partial charge in [-0.2, -0.15) is 0 Å². The predicted molar refractivity (Wildman–Crippen MR) is 78.0 cm³/mol. The van der Waals surface area contributed by atoms with Gasteiger partial charge in [0.25, 0.3) is 0 Å². The van der Waals surface area contributed by atoms with Crippen molar-refractivity contribution in [1.82, 2.24) is 5.32 Å². The van der Waals surface area contributed by atoms with Gasteiger partial charge in [-0.1, -0.05) is 15.9 Å². The molecule has 0 radical (unpaired) electrons. The summed E-state index contributed by atoms with van der Waals surface area (Å²) in [6.07, 6.45) is 2.66. The first-order valence-electron chi connectivity index (χ1n) is 6.57. The third-order valence-electron chi connectivity index (χ3n) is 3.33. The van der Waals surface area contributed by atoms with Gasteiger partial charge in [-0.05, 0) is 43.5 Å². The Labute approximate surface area is 121 Å². The first kappa shape index (κ1) is 14.3. The highest BCUT2D eigenvalue weighted by Gasteiger charge is 2.27. The zero-order valence-electron chi connectivity index (χ0n) is 10.8. The Kier molecular flexibility index (Phi) is 5.22. The quantitative estimate of drug-likeness (QED) is 0.814. The summed E-state index contributed by atoms with van der Waals surface area (Å²) in [5.41, 5.74) is 5.80. The van der Waals surface area contributed by atoms with E-state index in [2.05, 4.69) is 21.2 Å². The number of halogens is 1. The summed E-state index contributed by atoms with van der Waals surface area (Å²) in [7, 11) is 0. The summed E-state index contributed by atoms with van der Waals surface area (Å²) < 4.78 is 6.55. The summed E-state index contributed by atoms with van der Waals surface area (Å²) in [5, 5.41) is 2.90. The molecule has 1 aliphatic rings. The molecular formula is C14H19BrN2O2. The van der Waals surface area contributed by atoms with Crippen molar-refractivity contribution >= 4 is 21.8 Å². The molecule has 3 N–H and O–H groups in total. The Morgan fingerprint density at radius 2 is 2.11 bits per heavy atom. The van der Waals surface area contributed by atoms with Crippen molar-refractivity contribution in [3.8, 4) is 5.75 Å². The number of rotatable bonds is 5. The van der Waals surface area contributed by atoms with Crippen LogP contribution in [0.4, 0.5) is 0 Å². The maximum absolute atomic E-state index is 11.8. The molecule has 1 aromatic carbocycles. The molecule has 0 aliphatic heterocycles. The van der Waals surface area contributed by atoms with E-state index in [1.165, 1.54) is 0 Å². The van der Waals surface area contributed by atoms with E-state index in [1.54, 1.807) is 0 Å². The molecule has 104 valence electrons. The molecule has 1 aromatic rings. The van der Waals surface area contributed by atoms with E-state index in [1.807, 2.05) is 24.3 Å². The van der Waals surface area contributed by atoms with Crippen LogP contribution in [-0.4, -0.2) is 25.1 Å². The van der Waals surface area contributed by atoms with Gasteiger partial charge in [0.2, 0.25) is 5.91 Å². The van der Waals surface area contributed by atoms with E-state index >= 15 is 0 Å². The molecule has 1 saturated carbocycles. The maximum Gasteiger partial charge on any atom is 0.223 e. The van der Waals surface area contributed by atoms with Crippen molar-refractivity contribution < 1.29 is 9.53 Å². The normalized spacial score (nSPS) is 22.2. The average molecular weight is 327 g/mol. The van der Waals surface area contributed by atoms with E-state index < -0.39 is 0 Å². The molecule has 2 atom stereocenters. The SMILES string of the molecule is NC1CCC(C(=O)NCCOc2ccc(Br)cc2)C1. The van der Waals surface area contributed by atoms with E-state index in [-0.39, 0.29) is 17.9 Å². The molecule has 1 fully saturated rings. The Hall–Kier alpha value is -1.07. The number of nitrogens with one attached hydrogen (secondary N) is 1. The topological polar surface area (TPSA) is 64.4 Å². The molecule has 0 spiro atoms. The van der Waals surface area contributed by atoms with Crippen LogP contribution in [0, 0.1) is 5.92 Å². The minimum Gasteiger partial charge on any atom is -0.492 e. The molecule has 0 bridgehead atoms. The Morgan fingerprint density at radius 1 is 1.37 bits per heavy atom. The van der Waals surface area contributed by atoms with Crippen LogP contribution in [0.1, 0.15) is 19.3 Å². The first-order chi connectivity index (χ1) is 9.15. The lowest BCUT2D eigenvalue weighted by Gasteiger charge is -2.11. The van der Waals surface area contributed by atoms with Crippen LogP contribution in [0.3, 0.4) is 0 Å². The van der Waals surface area contributed by atoms with Crippen molar-refractivity contribution in [3.63, 3.8) is 0 Å². The second-order valence-electron chi connectivity index (χ2n) is 4.86. The maximum atomic E-state index is 11.8. The fraction of sp³-hybridized carbons (Fsp3) is 0.500. The number of hydrogen-bond acceptors (Lipinski definition) is 3. The van der Waals surface area contributed by atoms with Gasteiger partial charge in [0.15, 0.2) is 0 Å². The highest BCUT2D eigenvalue weighted by molar-refractivity contribution is 9.10. The lowest BCUT2D eigenvalue weighted by molar-refractivity contribution is -0.124. The molecule has 0 heterocycles. The molecule has 2 unspecified atom stereocenters. The fourth-order valence-electron chi connectivity index (χ4n) is 2.27. The molecule has 1 amide bonds. The Bertz CT molecular complexity index is 422. The number of nitrogens with two attached hydrogens (primary N) is 1. The smallest absolute Gasteiger partial charge is 0.223 e.